The van der Waals surface area contributed by atoms with Crippen LogP contribution in [0, 0.1) is 32.1 Å². The highest BCUT2D eigenvalue weighted by Crippen LogP contribution is 2.34. The first-order valence-electron chi connectivity index (χ1n) is 13.8. The average molecular weight is 658 g/mol. The Morgan fingerprint density at radius 3 is 2.48 bits per heavy atom. The lowest BCUT2D eigenvalue weighted by Crippen LogP contribution is -2.48. The van der Waals surface area contributed by atoms with E-state index in [1.165, 1.54) is 29.6 Å². The van der Waals surface area contributed by atoms with E-state index in [1.807, 2.05) is 0 Å². The molecule has 224 valence electrons. The summed E-state index contributed by atoms with van der Waals surface area (Å²) in [5.74, 6) is 1.81. The van der Waals surface area contributed by atoms with E-state index in [0.717, 1.165) is 5.56 Å². The summed E-state index contributed by atoms with van der Waals surface area (Å²) in [5, 5.41) is 7.78. The fourth-order valence-corrected chi connectivity index (χ4v) is 5.78. The predicted molar refractivity (Wildman–Crippen MR) is 165 cm³/mol. The van der Waals surface area contributed by atoms with Gasteiger partial charge in [-0.3, -0.25) is 24.0 Å². The second-order valence-electron chi connectivity index (χ2n) is 10.8. The number of fused-ring (bicyclic) bond motifs is 1. The van der Waals surface area contributed by atoms with Crippen molar-refractivity contribution in [2.45, 2.75) is 59.2 Å². The van der Waals surface area contributed by atoms with Crippen LogP contribution >= 0.6 is 15.9 Å². The summed E-state index contributed by atoms with van der Waals surface area (Å²) in [6.45, 7) is 6.10. The van der Waals surface area contributed by atoms with Crippen molar-refractivity contribution >= 4 is 56.0 Å². The molecule has 4 aromatic heterocycles. The smallest absolute Gasteiger partial charge is 0.248 e. The van der Waals surface area contributed by atoms with Gasteiger partial charge >= 0.3 is 0 Å². The number of carbonyl (C=O) groups is 4. The monoisotopic (exact) mass is 656 g/mol. The zero-order valence-electron chi connectivity index (χ0n) is 24.5. The van der Waals surface area contributed by atoms with Crippen LogP contribution in [-0.2, 0) is 20.9 Å². The van der Waals surface area contributed by atoms with Crippen molar-refractivity contribution in [3.8, 4) is 23.6 Å². The number of carbonyl (C=O) groups excluding carboxylic acids is 4. The van der Waals surface area contributed by atoms with Gasteiger partial charge in [0, 0.05) is 42.6 Å². The number of likely N-dealkylation sites (tertiary alicyclic amines) is 1. The number of pyridine rings is 2. The molecule has 0 aromatic carbocycles. The topological polar surface area (TPSA) is 153 Å². The number of aromatic nitrogens is 6. The highest BCUT2D eigenvalue weighted by molar-refractivity contribution is 9.10. The maximum atomic E-state index is 14.0. The molecule has 4 aromatic rings. The van der Waals surface area contributed by atoms with E-state index in [9.17, 15) is 19.2 Å². The molecule has 3 atom stereocenters. The van der Waals surface area contributed by atoms with Crippen molar-refractivity contribution in [3.05, 3.63) is 58.5 Å². The van der Waals surface area contributed by atoms with E-state index < -0.39 is 29.8 Å². The number of hydrogen-bond acceptors (Lipinski definition) is 9. The number of amides is 2. The second kappa shape index (κ2) is 12.4. The van der Waals surface area contributed by atoms with E-state index in [0.29, 0.717) is 38.4 Å². The quantitative estimate of drug-likeness (QED) is 0.170. The molecule has 0 saturated carbocycles. The molecule has 5 rings (SSSR count). The van der Waals surface area contributed by atoms with Gasteiger partial charge in [0.1, 0.15) is 40.3 Å². The third-order valence-electron chi connectivity index (χ3n) is 7.56. The van der Waals surface area contributed by atoms with Gasteiger partial charge in [0.15, 0.2) is 5.78 Å². The Kier molecular flexibility index (Phi) is 8.64. The molecule has 1 fully saturated rings. The minimum Gasteiger partial charge on any atom is -0.315 e. The number of ketones is 2. The number of anilines is 1. The molecule has 0 spiro atoms. The Hall–Kier alpha value is -4.83. The zero-order valence-corrected chi connectivity index (χ0v) is 26.1. The van der Waals surface area contributed by atoms with Crippen molar-refractivity contribution < 1.29 is 19.2 Å². The number of Topliss-reactive ketones (excluding diaryl/α,β-unsaturated/α-hetero) is 2. The highest BCUT2D eigenvalue weighted by Gasteiger charge is 2.46. The largest absolute Gasteiger partial charge is 0.315 e. The van der Waals surface area contributed by atoms with Crippen LogP contribution in [0.4, 0.5) is 5.82 Å². The van der Waals surface area contributed by atoms with Crippen LogP contribution in [0.5, 0.6) is 0 Å². The Morgan fingerprint density at radius 1 is 1.09 bits per heavy atom. The predicted octanol–water partition coefficient (Wildman–Crippen LogP) is 3.70. The number of halogens is 1. The molecule has 5 heterocycles. The van der Waals surface area contributed by atoms with E-state index in [4.69, 9.17) is 6.42 Å². The third kappa shape index (κ3) is 6.12. The van der Waals surface area contributed by atoms with Crippen molar-refractivity contribution in [2.24, 2.45) is 5.92 Å². The van der Waals surface area contributed by atoms with Crippen molar-refractivity contribution in [1.82, 2.24) is 34.6 Å². The molecule has 12 nitrogen and oxygen atoms in total. The van der Waals surface area contributed by atoms with Gasteiger partial charge in [-0.1, -0.05) is 12.0 Å². The SMILES string of the molecule is C#C[C@@H]1[C@@H](CC(C)=O)C[C@@H](C(=O)Nc2nc(Br)ccc2C)N1C(=O)Cn1nc(C(C)=O)c2cc(-c3cnc(C)nc3)ncc21. The van der Waals surface area contributed by atoms with Gasteiger partial charge in [0.05, 0.1) is 23.4 Å². The molecule has 0 unspecified atom stereocenters. The normalized spacial score (nSPS) is 17.8. The van der Waals surface area contributed by atoms with Crippen LogP contribution in [0.2, 0.25) is 0 Å². The first-order chi connectivity index (χ1) is 21.0. The lowest BCUT2D eigenvalue weighted by molar-refractivity contribution is -0.138. The van der Waals surface area contributed by atoms with Gasteiger partial charge in [-0.2, -0.15) is 5.10 Å². The summed E-state index contributed by atoms with van der Waals surface area (Å²) < 4.78 is 1.92. The van der Waals surface area contributed by atoms with Crippen LogP contribution in [0.1, 0.15) is 48.6 Å². The number of terminal acetylenes is 1. The van der Waals surface area contributed by atoms with Crippen LogP contribution in [0.25, 0.3) is 22.2 Å². The van der Waals surface area contributed by atoms with Crippen molar-refractivity contribution in [2.75, 3.05) is 5.32 Å². The molecule has 44 heavy (non-hydrogen) atoms. The molecule has 0 bridgehead atoms. The summed E-state index contributed by atoms with van der Waals surface area (Å²) in [7, 11) is 0. The molecule has 0 radical (unpaired) electrons. The number of nitrogens with one attached hydrogen (secondary N) is 1. The third-order valence-corrected chi connectivity index (χ3v) is 8.00. The molecule has 13 heteroatoms. The molecule has 1 N–H and O–H groups in total. The van der Waals surface area contributed by atoms with Crippen molar-refractivity contribution in [1.29, 1.82) is 0 Å². The number of aryl methyl sites for hydroxylation is 2. The highest BCUT2D eigenvalue weighted by atomic mass is 79.9. The molecular weight excluding hydrogens is 628 g/mol. The van der Waals surface area contributed by atoms with Gasteiger partial charge in [0.25, 0.3) is 0 Å². The summed E-state index contributed by atoms with van der Waals surface area (Å²) in [5.41, 5.74) is 2.55. The molecular formula is C31H29BrN8O4. The van der Waals surface area contributed by atoms with Crippen LogP contribution < -0.4 is 5.32 Å². The van der Waals surface area contributed by atoms with Gasteiger partial charge < -0.3 is 15.0 Å². The summed E-state index contributed by atoms with van der Waals surface area (Å²) in [6.07, 6.45) is 11.0. The zero-order chi connectivity index (χ0) is 31.7. The molecule has 2 amide bonds. The Balaban J connectivity index is 1.49. The Labute approximate surface area is 261 Å². The van der Waals surface area contributed by atoms with E-state index >= 15 is 0 Å². The fourth-order valence-electron chi connectivity index (χ4n) is 5.47. The maximum absolute atomic E-state index is 14.0. The fraction of sp³-hybridized carbons (Fsp3) is 0.323. The molecule has 1 saturated heterocycles. The van der Waals surface area contributed by atoms with Gasteiger partial charge in [-0.15, -0.1) is 6.42 Å². The standard InChI is InChI=1S/C31H29BrN8O4/c1-6-24-20(9-17(3)41)10-25(31(44)37-30-16(2)7-8-27(32)36-30)40(24)28(43)15-39-26-14-35-23(21-12-33-19(5)34-13-21)11-22(26)29(38-39)18(4)42/h1,7-8,11-14,20,24-25H,9-10,15H2,2-5H3,(H,36,37,44)/t20-,24+,25-/m0/s1. The summed E-state index contributed by atoms with van der Waals surface area (Å²) >= 11 is 3.32. The first-order valence-corrected chi connectivity index (χ1v) is 14.6. The van der Waals surface area contributed by atoms with Crippen LogP contribution in [0.3, 0.4) is 0 Å². The molecule has 1 aliphatic rings. The maximum Gasteiger partial charge on any atom is 0.248 e. The summed E-state index contributed by atoms with van der Waals surface area (Å²) in [6, 6.07) is 3.49. The molecule has 1 aliphatic heterocycles. The van der Waals surface area contributed by atoms with E-state index in [-0.39, 0.29) is 36.6 Å². The number of hydrogen-bond donors (Lipinski definition) is 1. The lowest BCUT2D eigenvalue weighted by atomic mass is 9.94. The van der Waals surface area contributed by atoms with Gasteiger partial charge in [-0.25, -0.2) is 15.0 Å². The number of rotatable bonds is 8. The Bertz CT molecular complexity index is 1850. The second-order valence-corrected chi connectivity index (χ2v) is 11.6. The van der Waals surface area contributed by atoms with Gasteiger partial charge in [-0.05, 0) is 60.8 Å². The first kappa shape index (κ1) is 30.6. The Morgan fingerprint density at radius 2 is 1.82 bits per heavy atom. The molecule has 0 aliphatic carbocycles. The minimum absolute atomic E-state index is 0.0989. The summed E-state index contributed by atoms with van der Waals surface area (Å²) in [4.78, 5) is 70.9. The van der Waals surface area contributed by atoms with Gasteiger partial charge in [0.2, 0.25) is 11.8 Å². The minimum atomic E-state index is -0.964. The average Bonchev–Trinajstić information content (AvgIpc) is 3.53. The van der Waals surface area contributed by atoms with E-state index in [1.54, 1.807) is 44.4 Å². The van der Waals surface area contributed by atoms with Crippen LogP contribution in [0.15, 0.2) is 41.4 Å². The van der Waals surface area contributed by atoms with Crippen LogP contribution in [-0.4, -0.2) is 70.1 Å². The van der Waals surface area contributed by atoms with Crippen molar-refractivity contribution in [3.63, 3.8) is 0 Å². The van der Waals surface area contributed by atoms with E-state index in [2.05, 4.69) is 52.2 Å². The lowest BCUT2D eigenvalue weighted by Gasteiger charge is -2.28. The number of nitrogens with zero attached hydrogens (tertiary/aromatic N) is 7.